The topological polar surface area (TPSA) is 72.4 Å². The van der Waals surface area contributed by atoms with Crippen molar-refractivity contribution in [1.82, 2.24) is 29.5 Å². The summed E-state index contributed by atoms with van der Waals surface area (Å²) in [4.78, 5) is 13.8. The van der Waals surface area contributed by atoms with Gasteiger partial charge in [-0.25, -0.2) is 14.5 Å². The van der Waals surface area contributed by atoms with E-state index in [-0.39, 0.29) is 0 Å². The van der Waals surface area contributed by atoms with E-state index in [1.165, 1.54) is 0 Å². The predicted octanol–water partition coefficient (Wildman–Crippen LogP) is 2.55. The summed E-state index contributed by atoms with van der Waals surface area (Å²) in [6, 6.07) is 10.3. The Morgan fingerprint density at radius 1 is 1.15 bits per heavy atom. The van der Waals surface area contributed by atoms with Crippen LogP contribution in [0.25, 0.3) is 22.7 Å². The van der Waals surface area contributed by atoms with Crippen LogP contribution in [0.5, 0.6) is 0 Å². The largest absolute Gasteiger partial charge is 0.368 e. The van der Waals surface area contributed by atoms with Crippen LogP contribution < -0.4 is 5.32 Å². The van der Waals surface area contributed by atoms with E-state index in [2.05, 4.69) is 48.1 Å². The van der Waals surface area contributed by atoms with Gasteiger partial charge in [0.15, 0.2) is 5.65 Å². The smallest absolute Gasteiger partial charge is 0.166 e. The standard InChI is InChI=1S/C20H19N7/c1-13-10-14(2)27-20(25-13)17(12-24-27)19-23-8-9-26(19)16-5-3-4-15(11-16)18-21-6-7-22-18/h3-5,8-12H,6-7H2,1-2H3,(H,21,22). The fourth-order valence-corrected chi connectivity index (χ4v) is 3.53. The van der Waals surface area contributed by atoms with Crippen molar-refractivity contribution in [2.75, 3.05) is 13.1 Å². The zero-order valence-corrected chi connectivity index (χ0v) is 15.2. The Morgan fingerprint density at radius 2 is 2.07 bits per heavy atom. The predicted molar refractivity (Wildman–Crippen MR) is 104 cm³/mol. The summed E-state index contributed by atoms with van der Waals surface area (Å²) in [5.41, 5.74) is 5.85. The fraction of sp³-hybridized carbons (Fsp3) is 0.200. The van der Waals surface area contributed by atoms with Gasteiger partial charge in [-0.2, -0.15) is 5.10 Å². The van der Waals surface area contributed by atoms with E-state index in [0.29, 0.717) is 0 Å². The Morgan fingerprint density at radius 3 is 2.93 bits per heavy atom. The van der Waals surface area contributed by atoms with Gasteiger partial charge in [-0.1, -0.05) is 12.1 Å². The summed E-state index contributed by atoms with van der Waals surface area (Å²) in [6.45, 7) is 5.74. The first-order chi connectivity index (χ1) is 13.2. The Balaban J connectivity index is 1.65. The van der Waals surface area contributed by atoms with Crippen LogP contribution in [-0.4, -0.2) is 43.1 Å². The zero-order chi connectivity index (χ0) is 18.4. The lowest BCUT2D eigenvalue weighted by atomic mass is 10.1. The molecular formula is C20H19N7. The van der Waals surface area contributed by atoms with Crippen molar-refractivity contribution in [2.24, 2.45) is 4.99 Å². The van der Waals surface area contributed by atoms with Crippen molar-refractivity contribution in [2.45, 2.75) is 13.8 Å². The monoisotopic (exact) mass is 357 g/mol. The summed E-state index contributed by atoms with van der Waals surface area (Å²) in [5, 5.41) is 7.83. The van der Waals surface area contributed by atoms with E-state index in [1.54, 1.807) is 6.20 Å². The summed E-state index contributed by atoms with van der Waals surface area (Å²) in [5.74, 6) is 1.77. The number of aliphatic imine (C=N–C) groups is 1. The summed E-state index contributed by atoms with van der Waals surface area (Å²) in [7, 11) is 0. The number of aryl methyl sites for hydroxylation is 2. The molecule has 0 amide bonds. The average Bonchev–Trinajstić information content (AvgIpc) is 3.41. The molecule has 0 fully saturated rings. The van der Waals surface area contributed by atoms with Crippen molar-refractivity contribution >= 4 is 11.5 Å². The number of fused-ring (bicyclic) bond motifs is 1. The highest BCUT2D eigenvalue weighted by molar-refractivity contribution is 6.00. The van der Waals surface area contributed by atoms with Gasteiger partial charge >= 0.3 is 0 Å². The van der Waals surface area contributed by atoms with Gasteiger partial charge in [0.1, 0.15) is 11.7 Å². The van der Waals surface area contributed by atoms with E-state index < -0.39 is 0 Å². The van der Waals surface area contributed by atoms with Gasteiger partial charge in [0.05, 0.1) is 18.3 Å². The zero-order valence-electron chi connectivity index (χ0n) is 15.2. The number of nitrogens with zero attached hydrogens (tertiary/aromatic N) is 6. The highest BCUT2D eigenvalue weighted by atomic mass is 15.3. The van der Waals surface area contributed by atoms with Gasteiger partial charge in [0.2, 0.25) is 0 Å². The third kappa shape index (κ3) is 2.59. The van der Waals surface area contributed by atoms with Gasteiger partial charge in [0.25, 0.3) is 0 Å². The molecule has 5 rings (SSSR count). The second kappa shape index (κ2) is 6.05. The minimum atomic E-state index is 0.818. The maximum absolute atomic E-state index is 4.69. The van der Waals surface area contributed by atoms with E-state index in [0.717, 1.165) is 58.6 Å². The maximum Gasteiger partial charge on any atom is 0.166 e. The van der Waals surface area contributed by atoms with Gasteiger partial charge in [-0.3, -0.25) is 9.56 Å². The molecule has 0 aliphatic carbocycles. The second-order valence-electron chi connectivity index (χ2n) is 6.66. The molecule has 7 heteroatoms. The quantitative estimate of drug-likeness (QED) is 0.612. The van der Waals surface area contributed by atoms with Gasteiger partial charge < -0.3 is 5.32 Å². The van der Waals surface area contributed by atoms with Crippen molar-refractivity contribution in [1.29, 1.82) is 0 Å². The van der Waals surface area contributed by atoms with Crippen LogP contribution >= 0.6 is 0 Å². The van der Waals surface area contributed by atoms with E-state index >= 15 is 0 Å². The molecule has 1 aromatic carbocycles. The van der Waals surface area contributed by atoms with Crippen LogP contribution in [-0.2, 0) is 0 Å². The van der Waals surface area contributed by atoms with Gasteiger partial charge in [-0.05, 0) is 32.0 Å². The van der Waals surface area contributed by atoms with Gasteiger partial charge in [0, 0.05) is 41.6 Å². The van der Waals surface area contributed by atoms with Crippen LogP contribution in [0.2, 0.25) is 0 Å². The number of benzene rings is 1. The average molecular weight is 357 g/mol. The fourth-order valence-electron chi connectivity index (χ4n) is 3.53. The minimum absolute atomic E-state index is 0.818. The second-order valence-corrected chi connectivity index (χ2v) is 6.66. The molecule has 0 bridgehead atoms. The molecule has 27 heavy (non-hydrogen) atoms. The molecule has 0 spiro atoms. The van der Waals surface area contributed by atoms with Crippen molar-refractivity contribution < 1.29 is 0 Å². The molecular weight excluding hydrogens is 338 g/mol. The molecule has 134 valence electrons. The molecule has 1 aliphatic heterocycles. The molecule has 3 aromatic heterocycles. The Labute approximate surface area is 156 Å². The van der Waals surface area contributed by atoms with E-state index in [1.807, 2.05) is 42.9 Å². The first-order valence-corrected chi connectivity index (χ1v) is 8.95. The van der Waals surface area contributed by atoms with Crippen molar-refractivity contribution in [3.05, 3.63) is 65.9 Å². The molecule has 0 saturated carbocycles. The molecule has 0 saturated heterocycles. The molecule has 7 nitrogen and oxygen atoms in total. The number of nitrogens with one attached hydrogen (secondary N) is 1. The number of hydrogen-bond acceptors (Lipinski definition) is 5. The minimum Gasteiger partial charge on any atom is -0.368 e. The number of amidine groups is 1. The number of rotatable bonds is 3. The third-order valence-corrected chi connectivity index (χ3v) is 4.73. The molecule has 0 atom stereocenters. The van der Waals surface area contributed by atoms with E-state index in [9.17, 15) is 0 Å². The lowest BCUT2D eigenvalue weighted by molar-refractivity contribution is 0.886. The normalized spacial score (nSPS) is 13.8. The Bertz CT molecular complexity index is 1180. The maximum atomic E-state index is 4.69. The third-order valence-electron chi connectivity index (χ3n) is 4.73. The van der Waals surface area contributed by atoms with Gasteiger partial charge in [-0.15, -0.1) is 0 Å². The van der Waals surface area contributed by atoms with Crippen LogP contribution in [0, 0.1) is 13.8 Å². The Kier molecular flexibility index (Phi) is 3.53. The summed E-state index contributed by atoms with van der Waals surface area (Å²) >= 11 is 0. The summed E-state index contributed by atoms with van der Waals surface area (Å²) < 4.78 is 3.92. The SMILES string of the molecule is Cc1cc(C)n2ncc(-c3nccn3-c3cccc(C4=NCCN4)c3)c2n1. The first-order valence-electron chi connectivity index (χ1n) is 8.95. The molecule has 0 radical (unpaired) electrons. The van der Waals surface area contributed by atoms with Crippen molar-refractivity contribution in [3.8, 4) is 17.1 Å². The van der Waals surface area contributed by atoms with E-state index in [4.69, 9.17) is 0 Å². The van der Waals surface area contributed by atoms with Crippen LogP contribution in [0.15, 0.2) is 53.9 Å². The summed E-state index contributed by atoms with van der Waals surface area (Å²) in [6.07, 6.45) is 5.60. The molecule has 1 aliphatic rings. The first kappa shape index (κ1) is 15.7. The molecule has 4 aromatic rings. The van der Waals surface area contributed by atoms with Crippen LogP contribution in [0.1, 0.15) is 17.0 Å². The highest BCUT2D eigenvalue weighted by Gasteiger charge is 2.16. The molecule has 4 heterocycles. The van der Waals surface area contributed by atoms with Crippen LogP contribution in [0.3, 0.4) is 0 Å². The lowest BCUT2D eigenvalue weighted by Crippen LogP contribution is -2.19. The number of hydrogen-bond donors (Lipinski definition) is 1. The Hall–Kier alpha value is -3.48. The van der Waals surface area contributed by atoms with Crippen LogP contribution in [0.4, 0.5) is 0 Å². The molecule has 1 N–H and O–H groups in total. The number of imidazole rings is 1. The molecule has 0 unspecified atom stereocenters. The lowest BCUT2D eigenvalue weighted by Gasteiger charge is -2.10. The highest BCUT2D eigenvalue weighted by Crippen LogP contribution is 2.26. The number of aromatic nitrogens is 5. The van der Waals surface area contributed by atoms with Crippen molar-refractivity contribution in [3.63, 3.8) is 0 Å².